The Kier molecular flexibility index (Phi) is 2.66. The Morgan fingerprint density at radius 3 is 3.27 bits per heavy atom. The van der Waals surface area contributed by atoms with Crippen molar-refractivity contribution in [1.82, 2.24) is 5.32 Å². The zero-order chi connectivity index (χ0) is 8.10. The van der Waals surface area contributed by atoms with Crippen LogP contribution in [0.2, 0.25) is 0 Å². The summed E-state index contributed by atoms with van der Waals surface area (Å²) in [6.45, 7) is 5.03. The minimum absolute atomic E-state index is 0.236. The smallest absolute Gasteiger partial charge is 0.373 e. The summed E-state index contributed by atoms with van der Waals surface area (Å²) in [5.74, 6) is -0.0748. The lowest BCUT2D eigenvalue weighted by Crippen LogP contribution is -2.28. The topological polar surface area (TPSA) is 50.7 Å². The first-order valence-electron chi connectivity index (χ1n) is 3.41. The molecule has 1 N–H and O–H groups in total. The largest absolute Gasteiger partial charge is 0.456 e. The number of hydrogen-bond donors (Lipinski definition) is 1. The fraction of sp³-hybridized carbons (Fsp3) is 0.429. The fourth-order valence-electron chi connectivity index (χ4n) is 0.738. The van der Waals surface area contributed by atoms with Gasteiger partial charge in [-0.25, -0.2) is 4.79 Å². The monoisotopic (exact) mass is 154 g/mol. The van der Waals surface area contributed by atoms with E-state index in [1.165, 1.54) is 6.08 Å². The summed E-state index contributed by atoms with van der Waals surface area (Å²) >= 11 is 0. The summed E-state index contributed by atoms with van der Waals surface area (Å²) in [4.78, 5) is 14.8. The van der Waals surface area contributed by atoms with E-state index in [0.29, 0.717) is 12.4 Å². The predicted molar refractivity (Wildman–Crippen MR) is 41.5 cm³/mol. The number of carbonyl (C=O) groups excluding carboxylic acids is 1. The highest BCUT2D eigenvalue weighted by Gasteiger charge is 2.14. The normalized spacial score (nSPS) is 15.1. The van der Waals surface area contributed by atoms with Crippen molar-refractivity contribution in [3.63, 3.8) is 0 Å². The van der Waals surface area contributed by atoms with Gasteiger partial charge in [-0.2, -0.15) is 0 Å². The molecule has 0 aromatic carbocycles. The Labute approximate surface area is 65.0 Å². The zero-order valence-corrected chi connectivity index (χ0v) is 6.17. The van der Waals surface area contributed by atoms with Gasteiger partial charge in [-0.05, 0) is 0 Å². The van der Waals surface area contributed by atoms with Crippen molar-refractivity contribution in [2.45, 2.75) is 0 Å². The lowest BCUT2D eigenvalue weighted by Gasteiger charge is -2.00. The van der Waals surface area contributed by atoms with Gasteiger partial charge in [0.25, 0.3) is 0 Å². The van der Waals surface area contributed by atoms with Crippen LogP contribution >= 0.6 is 0 Å². The molecule has 1 heterocycles. The molecule has 0 atom stereocenters. The van der Waals surface area contributed by atoms with E-state index in [0.717, 1.165) is 6.54 Å². The van der Waals surface area contributed by atoms with Crippen LogP contribution in [0.3, 0.4) is 0 Å². The lowest BCUT2D eigenvalue weighted by molar-refractivity contribution is -0.134. The van der Waals surface area contributed by atoms with Gasteiger partial charge in [0.05, 0.1) is 6.54 Å². The van der Waals surface area contributed by atoms with Gasteiger partial charge in [-0.15, -0.1) is 0 Å². The van der Waals surface area contributed by atoms with Crippen LogP contribution in [0.4, 0.5) is 0 Å². The molecule has 0 unspecified atom stereocenters. The molecule has 0 aromatic rings. The first-order chi connectivity index (χ1) is 5.34. The Morgan fingerprint density at radius 1 is 1.91 bits per heavy atom. The molecule has 0 fully saturated rings. The molecule has 0 amide bonds. The second kappa shape index (κ2) is 3.75. The third-order valence-electron chi connectivity index (χ3n) is 1.20. The predicted octanol–water partition coefficient (Wildman–Crippen LogP) is -0.283. The summed E-state index contributed by atoms with van der Waals surface area (Å²) < 4.78 is 4.72. The van der Waals surface area contributed by atoms with Crippen LogP contribution in [-0.2, 0) is 9.53 Å². The molecule has 4 heteroatoms. The van der Waals surface area contributed by atoms with Crippen LogP contribution in [0, 0.1) is 0 Å². The first-order valence-corrected chi connectivity index (χ1v) is 3.41. The van der Waals surface area contributed by atoms with Crippen molar-refractivity contribution in [3.8, 4) is 0 Å². The molecule has 0 radical (unpaired) electrons. The molecule has 0 aliphatic carbocycles. The number of amidine groups is 1. The number of aliphatic imine (C=N–C) groups is 1. The van der Waals surface area contributed by atoms with E-state index in [4.69, 9.17) is 4.74 Å². The second-order valence-corrected chi connectivity index (χ2v) is 2.04. The molecular formula is C7H10N2O2. The van der Waals surface area contributed by atoms with E-state index in [1.807, 2.05) is 0 Å². The Hall–Kier alpha value is -1.32. The summed E-state index contributed by atoms with van der Waals surface area (Å²) in [6, 6.07) is 0. The minimum atomic E-state index is -0.401. The maximum absolute atomic E-state index is 10.9. The van der Waals surface area contributed by atoms with E-state index in [1.54, 1.807) is 0 Å². The number of nitrogens with one attached hydrogen (secondary N) is 1. The van der Waals surface area contributed by atoms with Gasteiger partial charge < -0.3 is 10.1 Å². The number of hydrogen-bond acceptors (Lipinski definition) is 4. The van der Waals surface area contributed by atoms with E-state index in [9.17, 15) is 4.79 Å². The number of rotatable bonds is 3. The standard InChI is InChI=1S/C7H10N2O2/c1-2-5-11-7(10)6-8-3-4-9-6/h2H,1,3-5H2,(H,8,9). The minimum Gasteiger partial charge on any atom is -0.456 e. The number of esters is 1. The first kappa shape index (κ1) is 7.78. The van der Waals surface area contributed by atoms with Crippen molar-refractivity contribution < 1.29 is 9.53 Å². The Bertz CT molecular complexity index is 199. The summed E-state index contributed by atoms with van der Waals surface area (Å²) in [5, 5.41) is 2.81. The molecule has 0 aromatic heterocycles. The molecule has 4 nitrogen and oxygen atoms in total. The average Bonchev–Trinajstić information content (AvgIpc) is 2.52. The van der Waals surface area contributed by atoms with Gasteiger partial charge in [-0.1, -0.05) is 12.7 Å². The van der Waals surface area contributed by atoms with Gasteiger partial charge >= 0.3 is 5.97 Å². The lowest BCUT2D eigenvalue weighted by atomic mass is 10.6. The van der Waals surface area contributed by atoms with E-state index < -0.39 is 5.97 Å². The van der Waals surface area contributed by atoms with Gasteiger partial charge in [0.1, 0.15) is 6.61 Å². The molecule has 60 valence electrons. The van der Waals surface area contributed by atoms with Gasteiger partial charge in [-0.3, -0.25) is 4.99 Å². The zero-order valence-electron chi connectivity index (χ0n) is 6.17. The Morgan fingerprint density at radius 2 is 2.73 bits per heavy atom. The highest BCUT2D eigenvalue weighted by molar-refractivity contribution is 6.35. The molecule has 0 saturated carbocycles. The van der Waals surface area contributed by atoms with Gasteiger partial charge in [0.15, 0.2) is 0 Å². The maximum Gasteiger partial charge on any atom is 0.373 e. The Balaban J connectivity index is 2.34. The van der Waals surface area contributed by atoms with E-state index in [-0.39, 0.29) is 6.61 Å². The number of nitrogens with zero attached hydrogens (tertiary/aromatic N) is 1. The maximum atomic E-state index is 10.9. The molecular weight excluding hydrogens is 144 g/mol. The summed E-state index contributed by atoms with van der Waals surface area (Å²) in [7, 11) is 0. The quantitative estimate of drug-likeness (QED) is 0.449. The highest BCUT2D eigenvalue weighted by Crippen LogP contribution is 1.88. The average molecular weight is 154 g/mol. The van der Waals surface area contributed by atoms with E-state index in [2.05, 4.69) is 16.9 Å². The molecule has 1 aliphatic rings. The van der Waals surface area contributed by atoms with Crippen molar-refractivity contribution in [2.24, 2.45) is 4.99 Å². The third-order valence-corrected chi connectivity index (χ3v) is 1.20. The molecule has 0 bridgehead atoms. The third kappa shape index (κ3) is 2.07. The molecule has 1 aliphatic heterocycles. The van der Waals surface area contributed by atoms with Crippen LogP contribution in [0.15, 0.2) is 17.6 Å². The van der Waals surface area contributed by atoms with Crippen molar-refractivity contribution >= 4 is 11.8 Å². The van der Waals surface area contributed by atoms with Gasteiger partial charge in [0.2, 0.25) is 5.84 Å². The highest BCUT2D eigenvalue weighted by atomic mass is 16.5. The van der Waals surface area contributed by atoms with Crippen LogP contribution in [0.25, 0.3) is 0 Å². The summed E-state index contributed by atoms with van der Waals surface area (Å²) in [6.07, 6.45) is 1.52. The van der Waals surface area contributed by atoms with E-state index >= 15 is 0 Å². The molecule has 11 heavy (non-hydrogen) atoms. The number of carbonyl (C=O) groups is 1. The van der Waals surface area contributed by atoms with Crippen molar-refractivity contribution in [2.75, 3.05) is 19.7 Å². The second-order valence-electron chi connectivity index (χ2n) is 2.04. The van der Waals surface area contributed by atoms with Crippen LogP contribution in [0.1, 0.15) is 0 Å². The van der Waals surface area contributed by atoms with Crippen molar-refractivity contribution in [1.29, 1.82) is 0 Å². The van der Waals surface area contributed by atoms with Crippen LogP contribution < -0.4 is 5.32 Å². The number of ether oxygens (including phenoxy) is 1. The molecule has 0 spiro atoms. The van der Waals surface area contributed by atoms with Gasteiger partial charge in [0, 0.05) is 6.54 Å². The SMILES string of the molecule is C=CCOC(=O)C1=NCCN1. The molecule has 0 saturated heterocycles. The van der Waals surface area contributed by atoms with Crippen LogP contribution in [-0.4, -0.2) is 31.5 Å². The fourth-order valence-corrected chi connectivity index (χ4v) is 0.738. The summed E-state index contributed by atoms with van der Waals surface area (Å²) in [5.41, 5.74) is 0. The van der Waals surface area contributed by atoms with Crippen LogP contribution in [0.5, 0.6) is 0 Å². The molecule has 1 rings (SSSR count). The van der Waals surface area contributed by atoms with Crippen molar-refractivity contribution in [3.05, 3.63) is 12.7 Å².